The van der Waals surface area contributed by atoms with E-state index in [0.717, 1.165) is 55.6 Å². The molecule has 0 radical (unpaired) electrons. The van der Waals surface area contributed by atoms with Gasteiger partial charge in [-0.2, -0.15) is 5.26 Å². The van der Waals surface area contributed by atoms with Crippen LogP contribution < -0.4 is 9.47 Å². The molecule has 242 valence electrons. The molecule has 6 nitrogen and oxygen atoms in total. The second-order valence-corrected chi connectivity index (χ2v) is 12.2. The van der Waals surface area contributed by atoms with Gasteiger partial charge in [0.1, 0.15) is 11.5 Å². The molecule has 50 heavy (non-hydrogen) atoms. The molecule has 0 fully saturated rings. The van der Waals surface area contributed by atoms with E-state index in [-0.39, 0.29) is 0 Å². The van der Waals surface area contributed by atoms with E-state index >= 15 is 0 Å². The third-order valence-corrected chi connectivity index (χ3v) is 8.56. The lowest BCUT2D eigenvalue weighted by Crippen LogP contribution is -2.11. The Morgan fingerprint density at radius 1 is 0.520 bits per heavy atom. The van der Waals surface area contributed by atoms with Gasteiger partial charge in [0.15, 0.2) is 5.69 Å². The van der Waals surface area contributed by atoms with Crippen molar-refractivity contribution in [1.29, 1.82) is 5.26 Å². The largest absolute Gasteiger partial charge is 0.422 e. The molecule has 0 unspecified atom stereocenters. The van der Waals surface area contributed by atoms with Crippen molar-refractivity contribution in [2.24, 2.45) is 0 Å². The molecule has 0 aliphatic heterocycles. The molecule has 0 N–H and O–H groups in total. The summed E-state index contributed by atoms with van der Waals surface area (Å²) in [6.45, 7) is 14.8. The minimum Gasteiger partial charge on any atom is -0.422 e. The molecular weight excluding hydrogens is 620 g/mol. The summed E-state index contributed by atoms with van der Waals surface area (Å²) in [5.74, 6) is 0.140. The van der Waals surface area contributed by atoms with Crippen molar-refractivity contribution in [3.05, 3.63) is 172 Å². The fraction of sp³-hybridized carbons (Fsp3) is 0.0909. The first-order chi connectivity index (χ1) is 24.1. The molecule has 6 heteroatoms. The average molecular weight is 653 g/mol. The summed E-state index contributed by atoms with van der Waals surface area (Å²) in [6.07, 6.45) is 0. The van der Waals surface area contributed by atoms with Crippen molar-refractivity contribution in [1.82, 2.24) is 0 Å². The van der Waals surface area contributed by atoms with Crippen LogP contribution in [0.4, 0.5) is 5.69 Å². The van der Waals surface area contributed by atoms with Gasteiger partial charge in [0, 0.05) is 0 Å². The SMILES string of the molecule is [C-]#[N+]c1ccc(-c2ccc(C(=O)Oc3c(C)cc(-c4cc(C)c(OC(=O)c5ccc(-c6ccc(C#N)cc6)cc5)c(C)c4)cc3C)cc2)cc1. The standard InChI is InChI=1S/C44H32N2O4/c1-27-22-38(23-28(2)41(27)49-43(47)36-14-10-33(11-15-36)32-8-6-31(26-45)7-9-32)39-24-29(3)42(30(4)25-39)50-44(48)37-16-12-34(13-17-37)35-18-20-40(46-5)21-19-35/h6-25H,1-4H3. The summed E-state index contributed by atoms with van der Waals surface area (Å²) >= 11 is 0. The van der Waals surface area contributed by atoms with Crippen LogP contribution in [0, 0.1) is 45.6 Å². The van der Waals surface area contributed by atoms with Crippen LogP contribution in [0.3, 0.4) is 0 Å². The maximum absolute atomic E-state index is 13.1. The summed E-state index contributed by atoms with van der Waals surface area (Å²) in [5, 5.41) is 9.04. The quantitative estimate of drug-likeness (QED) is 0.0974. The Balaban J connectivity index is 1.14. The maximum atomic E-state index is 13.1. The number of nitriles is 1. The van der Waals surface area contributed by atoms with E-state index in [2.05, 4.69) is 10.9 Å². The van der Waals surface area contributed by atoms with E-state index < -0.39 is 11.9 Å². The molecule has 0 spiro atoms. The predicted octanol–water partition coefficient (Wildman–Crippen LogP) is 10.8. The van der Waals surface area contributed by atoms with Crippen molar-refractivity contribution in [2.75, 3.05) is 0 Å². The van der Waals surface area contributed by atoms with Crippen molar-refractivity contribution in [3.63, 3.8) is 0 Å². The van der Waals surface area contributed by atoms with Gasteiger partial charge < -0.3 is 9.47 Å². The van der Waals surface area contributed by atoms with Crippen molar-refractivity contribution in [3.8, 4) is 50.9 Å². The second-order valence-electron chi connectivity index (χ2n) is 12.2. The zero-order chi connectivity index (χ0) is 35.4. The first kappa shape index (κ1) is 33.2. The molecule has 0 aliphatic carbocycles. The zero-order valence-corrected chi connectivity index (χ0v) is 28.1. The van der Waals surface area contributed by atoms with Gasteiger partial charge in [0.25, 0.3) is 0 Å². The first-order valence-corrected chi connectivity index (χ1v) is 16.0. The van der Waals surface area contributed by atoms with Crippen molar-refractivity contribution >= 4 is 17.6 Å². The number of carbonyl (C=O) groups excluding carboxylic acids is 2. The zero-order valence-electron chi connectivity index (χ0n) is 28.1. The molecule has 0 bridgehead atoms. The highest BCUT2D eigenvalue weighted by atomic mass is 16.5. The van der Waals surface area contributed by atoms with E-state index in [1.807, 2.05) is 100 Å². The Morgan fingerprint density at radius 3 is 1.16 bits per heavy atom. The topological polar surface area (TPSA) is 80.8 Å². The molecule has 0 heterocycles. The highest BCUT2D eigenvalue weighted by Gasteiger charge is 2.17. The van der Waals surface area contributed by atoms with Gasteiger partial charge in [0.2, 0.25) is 0 Å². The summed E-state index contributed by atoms with van der Waals surface area (Å²) < 4.78 is 11.8. The molecule has 0 saturated heterocycles. The number of hydrogen-bond acceptors (Lipinski definition) is 5. The van der Waals surface area contributed by atoms with Crippen LogP contribution in [0.1, 0.15) is 48.5 Å². The van der Waals surface area contributed by atoms with Crippen molar-refractivity contribution in [2.45, 2.75) is 27.7 Å². The van der Waals surface area contributed by atoms with Crippen molar-refractivity contribution < 1.29 is 19.1 Å². The molecule has 6 aromatic rings. The lowest BCUT2D eigenvalue weighted by molar-refractivity contribution is 0.0723. The summed E-state index contributed by atoms with van der Waals surface area (Å²) in [4.78, 5) is 29.7. The Kier molecular flexibility index (Phi) is 9.39. The van der Waals surface area contributed by atoms with Crippen LogP contribution in [0.2, 0.25) is 0 Å². The van der Waals surface area contributed by atoms with E-state index in [9.17, 15) is 9.59 Å². The fourth-order valence-corrected chi connectivity index (χ4v) is 5.92. The lowest BCUT2D eigenvalue weighted by Gasteiger charge is -2.16. The minimum absolute atomic E-state index is 0.435. The average Bonchev–Trinajstić information content (AvgIpc) is 3.14. The number of ether oxygens (including phenoxy) is 2. The van der Waals surface area contributed by atoms with Crippen LogP contribution in [0.25, 0.3) is 38.2 Å². The van der Waals surface area contributed by atoms with Gasteiger partial charge in [0.05, 0.1) is 29.3 Å². The Labute approximate surface area is 291 Å². The number of rotatable bonds is 7. The highest BCUT2D eigenvalue weighted by molar-refractivity contribution is 5.93. The van der Waals surface area contributed by atoms with E-state index in [4.69, 9.17) is 21.3 Å². The molecule has 0 saturated carbocycles. The van der Waals surface area contributed by atoms with Crippen LogP contribution in [-0.4, -0.2) is 11.9 Å². The van der Waals surface area contributed by atoms with Gasteiger partial charge in [-0.05, 0) is 144 Å². The molecule has 0 aliphatic rings. The normalized spacial score (nSPS) is 10.5. The smallest absolute Gasteiger partial charge is 0.343 e. The molecule has 0 amide bonds. The maximum Gasteiger partial charge on any atom is 0.343 e. The number of carbonyl (C=O) groups is 2. The third kappa shape index (κ3) is 7.06. The summed E-state index contributed by atoms with van der Waals surface area (Å²) in [6, 6.07) is 39.1. The van der Waals surface area contributed by atoms with Gasteiger partial charge >= 0.3 is 11.9 Å². The van der Waals surface area contributed by atoms with Crippen LogP contribution in [0.5, 0.6) is 11.5 Å². The van der Waals surface area contributed by atoms with Gasteiger partial charge in [-0.3, -0.25) is 0 Å². The highest BCUT2D eigenvalue weighted by Crippen LogP contribution is 2.35. The van der Waals surface area contributed by atoms with Crippen LogP contribution in [0.15, 0.2) is 121 Å². The summed E-state index contributed by atoms with van der Waals surface area (Å²) in [7, 11) is 0. The summed E-state index contributed by atoms with van der Waals surface area (Å²) in [5.41, 5.74) is 11.0. The van der Waals surface area contributed by atoms with E-state index in [0.29, 0.717) is 33.9 Å². The fourth-order valence-electron chi connectivity index (χ4n) is 5.92. The van der Waals surface area contributed by atoms with E-state index in [1.54, 1.807) is 48.5 Å². The van der Waals surface area contributed by atoms with Gasteiger partial charge in [-0.15, -0.1) is 0 Å². The Hall–Kier alpha value is -6.76. The van der Waals surface area contributed by atoms with Gasteiger partial charge in [-0.1, -0.05) is 60.7 Å². The Morgan fingerprint density at radius 2 is 0.840 bits per heavy atom. The monoisotopic (exact) mass is 652 g/mol. The van der Waals surface area contributed by atoms with Crippen LogP contribution >= 0.6 is 0 Å². The van der Waals surface area contributed by atoms with Crippen LogP contribution in [-0.2, 0) is 0 Å². The number of aryl methyl sites for hydroxylation is 4. The number of nitrogens with zero attached hydrogens (tertiary/aromatic N) is 2. The first-order valence-electron chi connectivity index (χ1n) is 16.0. The Bertz CT molecular complexity index is 2110. The molecule has 6 rings (SSSR count). The molecular formula is C44H32N2O4. The minimum atomic E-state index is -0.446. The number of hydrogen-bond donors (Lipinski definition) is 0. The molecule has 0 aromatic heterocycles. The number of esters is 2. The van der Waals surface area contributed by atoms with E-state index in [1.165, 1.54) is 0 Å². The predicted molar refractivity (Wildman–Crippen MR) is 195 cm³/mol. The molecule has 0 atom stereocenters. The number of benzene rings is 6. The second kappa shape index (κ2) is 14.2. The molecule has 6 aromatic carbocycles. The lowest BCUT2D eigenvalue weighted by atomic mass is 9.96. The third-order valence-electron chi connectivity index (χ3n) is 8.56. The van der Waals surface area contributed by atoms with Gasteiger partial charge in [-0.25, -0.2) is 14.4 Å².